The van der Waals surface area contributed by atoms with Gasteiger partial charge >= 0.3 is 0 Å². The maximum atomic E-state index is 11.8. The van der Waals surface area contributed by atoms with E-state index in [0.717, 1.165) is 12.0 Å². The summed E-state index contributed by atoms with van der Waals surface area (Å²) in [5.41, 5.74) is 2.35. The standard InChI is InChI=1S/C15H16O2S/c1-13-7-9-15(10-8-13)18(16)17-12-11-14-5-3-2-4-6-14/h2-10H,11-12H2,1H3. The van der Waals surface area contributed by atoms with Crippen molar-refractivity contribution in [1.29, 1.82) is 0 Å². The number of benzene rings is 2. The fraction of sp³-hybridized carbons (Fsp3) is 0.200. The van der Waals surface area contributed by atoms with Crippen LogP contribution in [0.4, 0.5) is 0 Å². The van der Waals surface area contributed by atoms with Crippen molar-refractivity contribution in [1.82, 2.24) is 0 Å². The van der Waals surface area contributed by atoms with Gasteiger partial charge in [0.05, 0.1) is 11.5 Å². The number of rotatable bonds is 5. The Hall–Kier alpha value is -1.45. The van der Waals surface area contributed by atoms with Gasteiger partial charge in [0.25, 0.3) is 0 Å². The molecule has 0 N–H and O–H groups in total. The molecule has 2 aromatic carbocycles. The van der Waals surface area contributed by atoms with Crippen LogP contribution in [0.5, 0.6) is 0 Å². The summed E-state index contributed by atoms with van der Waals surface area (Å²) in [6.45, 7) is 2.47. The Morgan fingerprint density at radius 1 is 1.00 bits per heavy atom. The number of hydrogen-bond acceptors (Lipinski definition) is 2. The topological polar surface area (TPSA) is 26.3 Å². The van der Waals surface area contributed by atoms with E-state index in [0.29, 0.717) is 11.5 Å². The highest BCUT2D eigenvalue weighted by Gasteiger charge is 2.03. The monoisotopic (exact) mass is 260 g/mol. The summed E-state index contributed by atoms with van der Waals surface area (Å²) in [7, 11) is 0. The second-order valence-electron chi connectivity index (χ2n) is 4.11. The molecule has 0 aliphatic carbocycles. The molecular formula is C15H16O2S. The molecule has 0 saturated carbocycles. The van der Waals surface area contributed by atoms with Crippen molar-refractivity contribution >= 4 is 11.1 Å². The molecule has 0 fully saturated rings. The Kier molecular flexibility index (Phi) is 4.67. The van der Waals surface area contributed by atoms with Crippen LogP contribution < -0.4 is 0 Å². The first-order valence-electron chi connectivity index (χ1n) is 5.91. The average molecular weight is 260 g/mol. The predicted molar refractivity (Wildman–Crippen MR) is 73.7 cm³/mol. The van der Waals surface area contributed by atoms with E-state index in [1.54, 1.807) is 0 Å². The first kappa shape index (κ1) is 13.0. The zero-order valence-electron chi connectivity index (χ0n) is 10.3. The average Bonchev–Trinajstić information content (AvgIpc) is 2.40. The van der Waals surface area contributed by atoms with Gasteiger partial charge in [-0.15, -0.1) is 0 Å². The Bertz CT molecular complexity index is 506. The predicted octanol–water partition coefficient (Wildman–Crippen LogP) is 3.28. The van der Waals surface area contributed by atoms with E-state index in [2.05, 4.69) is 0 Å². The minimum Gasteiger partial charge on any atom is -0.286 e. The lowest BCUT2D eigenvalue weighted by atomic mass is 10.2. The summed E-state index contributed by atoms with van der Waals surface area (Å²) >= 11 is -1.37. The summed E-state index contributed by atoms with van der Waals surface area (Å²) < 4.78 is 17.2. The molecule has 0 amide bonds. The molecule has 0 aliphatic rings. The SMILES string of the molecule is Cc1ccc(S(=O)OCCc2ccccc2)cc1. The summed E-state index contributed by atoms with van der Waals surface area (Å²) in [5, 5.41) is 0. The largest absolute Gasteiger partial charge is 0.286 e. The molecule has 18 heavy (non-hydrogen) atoms. The van der Waals surface area contributed by atoms with Gasteiger partial charge in [0, 0.05) is 0 Å². The molecule has 0 aliphatic heterocycles. The summed E-state index contributed by atoms with van der Waals surface area (Å²) in [6, 6.07) is 17.6. The maximum Gasteiger partial charge on any atom is 0.189 e. The van der Waals surface area contributed by atoms with Crippen LogP contribution >= 0.6 is 0 Å². The Labute approximate surface area is 110 Å². The van der Waals surface area contributed by atoms with Crippen molar-refractivity contribution in [3.63, 3.8) is 0 Å². The molecule has 1 atom stereocenters. The Balaban J connectivity index is 1.84. The van der Waals surface area contributed by atoms with Crippen LogP contribution in [0.3, 0.4) is 0 Å². The van der Waals surface area contributed by atoms with Gasteiger partial charge in [0.1, 0.15) is 0 Å². The van der Waals surface area contributed by atoms with Gasteiger partial charge in [0.15, 0.2) is 11.1 Å². The van der Waals surface area contributed by atoms with Crippen molar-refractivity contribution in [2.24, 2.45) is 0 Å². The molecule has 0 heterocycles. The van der Waals surface area contributed by atoms with E-state index >= 15 is 0 Å². The zero-order valence-corrected chi connectivity index (χ0v) is 11.2. The molecule has 3 heteroatoms. The van der Waals surface area contributed by atoms with Gasteiger partial charge in [-0.3, -0.25) is 4.18 Å². The third-order valence-corrected chi connectivity index (χ3v) is 3.68. The van der Waals surface area contributed by atoms with Gasteiger partial charge in [-0.1, -0.05) is 48.0 Å². The molecule has 0 saturated heterocycles. The Morgan fingerprint density at radius 3 is 2.33 bits per heavy atom. The maximum absolute atomic E-state index is 11.8. The third kappa shape index (κ3) is 3.79. The van der Waals surface area contributed by atoms with Gasteiger partial charge in [-0.05, 0) is 31.0 Å². The fourth-order valence-electron chi connectivity index (χ4n) is 1.60. The van der Waals surface area contributed by atoms with E-state index in [9.17, 15) is 4.21 Å². The quantitative estimate of drug-likeness (QED) is 0.824. The van der Waals surface area contributed by atoms with E-state index in [1.807, 2.05) is 61.5 Å². The first-order valence-corrected chi connectivity index (χ1v) is 6.99. The number of hydrogen-bond donors (Lipinski definition) is 0. The van der Waals surface area contributed by atoms with Gasteiger partial charge in [-0.25, -0.2) is 4.21 Å². The molecule has 1 unspecified atom stereocenters. The molecule has 2 rings (SSSR count). The van der Waals surface area contributed by atoms with Crippen LogP contribution in [-0.2, 0) is 21.7 Å². The minimum atomic E-state index is -1.37. The smallest absolute Gasteiger partial charge is 0.189 e. The van der Waals surface area contributed by atoms with E-state index in [4.69, 9.17) is 4.18 Å². The zero-order chi connectivity index (χ0) is 12.8. The first-order chi connectivity index (χ1) is 8.75. The molecule has 0 bridgehead atoms. The molecule has 94 valence electrons. The highest BCUT2D eigenvalue weighted by Crippen LogP contribution is 2.10. The second kappa shape index (κ2) is 6.47. The minimum absolute atomic E-state index is 0.463. The lowest BCUT2D eigenvalue weighted by molar-refractivity contribution is 0.352. The van der Waals surface area contributed by atoms with Gasteiger partial charge < -0.3 is 0 Å². The highest BCUT2D eigenvalue weighted by atomic mass is 32.2. The highest BCUT2D eigenvalue weighted by molar-refractivity contribution is 7.80. The van der Waals surface area contributed by atoms with E-state index < -0.39 is 11.1 Å². The second-order valence-corrected chi connectivity index (χ2v) is 5.28. The van der Waals surface area contributed by atoms with Crippen LogP contribution in [0.15, 0.2) is 59.5 Å². The lowest BCUT2D eigenvalue weighted by Gasteiger charge is -2.04. The molecule has 0 spiro atoms. The summed E-state index contributed by atoms with van der Waals surface area (Å²) in [5.74, 6) is 0. The van der Waals surface area contributed by atoms with Crippen LogP contribution in [0, 0.1) is 6.92 Å². The van der Waals surface area contributed by atoms with Crippen LogP contribution in [0.1, 0.15) is 11.1 Å². The summed E-state index contributed by atoms with van der Waals surface area (Å²) in [4.78, 5) is 0.716. The summed E-state index contributed by atoms with van der Waals surface area (Å²) in [6.07, 6.45) is 0.776. The van der Waals surface area contributed by atoms with E-state index in [1.165, 1.54) is 5.56 Å². The molecule has 2 nitrogen and oxygen atoms in total. The van der Waals surface area contributed by atoms with Gasteiger partial charge in [-0.2, -0.15) is 0 Å². The van der Waals surface area contributed by atoms with Crippen LogP contribution in [-0.4, -0.2) is 10.8 Å². The third-order valence-electron chi connectivity index (χ3n) is 2.64. The van der Waals surface area contributed by atoms with Crippen molar-refractivity contribution < 1.29 is 8.39 Å². The Morgan fingerprint density at radius 2 is 1.67 bits per heavy atom. The van der Waals surface area contributed by atoms with E-state index in [-0.39, 0.29) is 0 Å². The van der Waals surface area contributed by atoms with Crippen molar-refractivity contribution in [2.45, 2.75) is 18.2 Å². The van der Waals surface area contributed by atoms with Crippen molar-refractivity contribution in [3.8, 4) is 0 Å². The van der Waals surface area contributed by atoms with Crippen molar-refractivity contribution in [2.75, 3.05) is 6.61 Å². The van der Waals surface area contributed by atoms with Gasteiger partial charge in [0.2, 0.25) is 0 Å². The molecule has 0 aromatic heterocycles. The molecule has 2 aromatic rings. The molecule has 0 radical (unpaired) electrons. The van der Waals surface area contributed by atoms with Crippen LogP contribution in [0.25, 0.3) is 0 Å². The van der Waals surface area contributed by atoms with Crippen LogP contribution in [0.2, 0.25) is 0 Å². The van der Waals surface area contributed by atoms with Crippen molar-refractivity contribution in [3.05, 3.63) is 65.7 Å². The normalized spacial score (nSPS) is 12.3. The fourth-order valence-corrected chi connectivity index (χ4v) is 2.33. The lowest BCUT2D eigenvalue weighted by Crippen LogP contribution is -2.02. The molecular weight excluding hydrogens is 244 g/mol. The number of aryl methyl sites for hydroxylation is 1.